The third-order valence-corrected chi connectivity index (χ3v) is 5.85. The molecule has 7 heteroatoms. The van der Waals surface area contributed by atoms with Crippen molar-refractivity contribution in [2.24, 2.45) is 0 Å². The first kappa shape index (κ1) is 17.4. The van der Waals surface area contributed by atoms with Crippen molar-refractivity contribution in [1.82, 2.24) is 15.1 Å². The predicted molar refractivity (Wildman–Crippen MR) is 104 cm³/mol. The molecule has 1 N–H and O–H groups in total. The number of nitrogens with zero attached hydrogens (tertiary/aromatic N) is 3. The molecule has 2 aromatic rings. The van der Waals surface area contributed by atoms with Gasteiger partial charge in [0.05, 0.1) is 28.9 Å². The Bertz CT molecular complexity index is 818. The normalized spacial score (nSPS) is 19.0. The maximum Gasteiger partial charge on any atom is 0.275 e. The highest BCUT2D eigenvalue weighted by Gasteiger charge is 2.32. The molecule has 1 aliphatic heterocycles. The number of H-pyrrole nitrogens is 1. The summed E-state index contributed by atoms with van der Waals surface area (Å²) in [5.74, 6) is 1.30. The molecule has 1 amide bonds. The van der Waals surface area contributed by atoms with Crippen LogP contribution in [0, 0.1) is 0 Å². The molecule has 1 aromatic heterocycles. The highest BCUT2D eigenvalue weighted by Crippen LogP contribution is 2.43. The minimum absolute atomic E-state index is 0.0700. The van der Waals surface area contributed by atoms with Gasteiger partial charge in [-0.15, -0.1) is 0 Å². The van der Waals surface area contributed by atoms with Crippen LogP contribution in [0.5, 0.6) is 5.75 Å². The van der Waals surface area contributed by atoms with E-state index in [1.807, 2.05) is 18.2 Å². The van der Waals surface area contributed by atoms with Gasteiger partial charge in [-0.25, -0.2) is 0 Å². The number of hydrogen-bond donors (Lipinski definition) is 1. The fourth-order valence-corrected chi connectivity index (χ4v) is 4.14. The summed E-state index contributed by atoms with van der Waals surface area (Å²) in [5.41, 5.74) is 2.61. The smallest absolute Gasteiger partial charge is 0.275 e. The topological polar surface area (TPSA) is 61.5 Å². The van der Waals surface area contributed by atoms with Gasteiger partial charge in [0.25, 0.3) is 5.91 Å². The molecule has 0 bridgehead atoms. The van der Waals surface area contributed by atoms with Crippen LogP contribution in [0.3, 0.4) is 0 Å². The summed E-state index contributed by atoms with van der Waals surface area (Å²) in [4.78, 5) is 16.8. The number of hydrogen-bond acceptors (Lipinski definition) is 4. The molecule has 1 atom stereocenters. The van der Waals surface area contributed by atoms with Crippen LogP contribution in [0.15, 0.2) is 28.7 Å². The first-order valence-corrected chi connectivity index (χ1v) is 9.87. The molecule has 4 rings (SSSR count). The SMILES string of the molecule is CCN1C[C@@H](CN(C)C(=O)c2n[nH]c(C3CC3)c2Br)Oc2ccccc21. The van der Waals surface area contributed by atoms with Gasteiger partial charge in [0.15, 0.2) is 5.69 Å². The molecule has 0 unspecified atom stereocenters. The zero-order chi connectivity index (χ0) is 18.3. The quantitative estimate of drug-likeness (QED) is 0.807. The Hall–Kier alpha value is -2.02. The minimum atomic E-state index is -0.0921. The maximum absolute atomic E-state index is 12.8. The lowest BCUT2D eigenvalue weighted by Crippen LogP contribution is -2.46. The highest BCUT2D eigenvalue weighted by molar-refractivity contribution is 9.10. The number of fused-ring (bicyclic) bond motifs is 1. The maximum atomic E-state index is 12.8. The van der Waals surface area contributed by atoms with Crippen molar-refractivity contribution in [2.45, 2.75) is 31.8 Å². The Morgan fingerprint density at radius 3 is 2.92 bits per heavy atom. The first-order valence-electron chi connectivity index (χ1n) is 9.08. The molecule has 0 spiro atoms. The number of rotatable bonds is 5. The molecule has 1 fully saturated rings. The third kappa shape index (κ3) is 3.20. The van der Waals surface area contributed by atoms with Gasteiger partial charge in [0.2, 0.25) is 0 Å². The molecule has 1 aliphatic carbocycles. The van der Waals surface area contributed by atoms with Crippen LogP contribution in [0.4, 0.5) is 5.69 Å². The minimum Gasteiger partial charge on any atom is -0.485 e. The zero-order valence-electron chi connectivity index (χ0n) is 15.0. The molecular weight excluding hydrogens is 396 g/mol. The number of amides is 1. The number of ether oxygens (including phenoxy) is 1. The van der Waals surface area contributed by atoms with E-state index in [-0.39, 0.29) is 12.0 Å². The van der Waals surface area contributed by atoms with Crippen molar-refractivity contribution in [3.63, 3.8) is 0 Å². The number of carbonyl (C=O) groups excluding carboxylic acids is 1. The van der Waals surface area contributed by atoms with E-state index < -0.39 is 0 Å². The summed E-state index contributed by atoms with van der Waals surface area (Å²) >= 11 is 3.55. The van der Waals surface area contributed by atoms with E-state index in [2.05, 4.69) is 44.0 Å². The number of halogens is 1. The Balaban J connectivity index is 1.46. The summed E-state index contributed by atoms with van der Waals surface area (Å²) in [6.45, 7) is 4.32. The summed E-state index contributed by atoms with van der Waals surface area (Å²) in [6, 6.07) is 8.06. The summed E-state index contributed by atoms with van der Waals surface area (Å²) < 4.78 is 6.94. The van der Waals surface area contributed by atoms with Gasteiger partial charge < -0.3 is 14.5 Å². The lowest BCUT2D eigenvalue weighted by Gasteiger charge is -2.37. The molecule has 0 saturated heterocycles. The number of para-hydroxylation sites is 2. The Kier molecular flexibility index (Phi) is 4.65. The molecule has 26 heavy (non-hydrogen) atoms. The lowest BCUT2D eigenvalue weighted by molar-refractivity contribution is 0.0703. The fourth-order valence-electron chi connectivity index (χ4n) is 3.47. The van der Waals surface area contributed by atoms with Crippen LogP contribution in [0.1, 0.15) is 41.9 Å². The summed E-state index contributed by atoms with van der Waals surface area (Å²) in [5, 5.41) is 7.26. The number of likely N-dealkylation sites (N-methyl/N-ethyl adjacent to an activating group) is 2. The van der Waals surface area contributed by atoms with Gasteiger partial charge >= 0.3 is 0 Å². The van der Waals surface area contributed by atoms with Gasteiger partial charge in [-0.3, -0.25) is 9.89 Å². The van der Waals surface area contributed by atoms with Crippen molar-refractivity contribution in [2.75, 3.05) is 31.6 Å². The number of aromatic amines is 1. The van der Waals surface area contributed by atoms with Crippen molar-refractivity contribution in [1.29, 1.82) is 0 Å². The average molecular weight is 419 g/mol. The second-order valence-electron chi connectivity index (χ2n) is 7.01. The van der Waals surface area contributed by atoms with Crippen LogP contribution < -0.4 is 9.64 Å². The van der Waals surface area contributed by atoms with E-state index in [0.717, 1.165) is 47.5 Å². The van der Waals surface area contributed by atoms with Crippen LogP contribution in [-0.4, -0.2) is 53.8 Å². The van der Waals surface area contributed by atoms with Crippen molar-refractivity contribution < 1.29 is 9.53 Å². The zero-order valence-corrected chi connectivity index (χ0v) is 16.6. The summed E-state index contributed by atoms with van der Waals surface area (Å²) in [6.07, 6.45) is 2.25. The number of carbonyl (C=O) groups is 1. The average Bonchev–Trinajstić information content (AvgIpc) is 3.42. The van der Waals surface area contributed by atoms with Gasteiger partial charge in [-0.05, 0) is 47.8 Å². The van der Waals surface area contributed by atoms with Crippen molar-refractivity contribution in [3.05, 3.63) is 40.1 Å². The monoisotopic (exact) mass is 418 g/mol. The third-order valence-electron chi connectivity index (χ3n) is 5.05. The molecule has 0 radical (unpaired) electrons. The van der Waals surface area contributed by atoms with Gasteiger partial charge in [-0.2, -0.15) is 5.10 Å². The Morgan fingerprint density at radius 1 is 1.42 bits per heavy atom. The molecule has 6 nitrogen and oxygen atoms in total. The fraction of sp³-hybridized carbons (Fsp3) is 0.474. The van der Waals surface area contributed by atoms with Gasteiger partial charge in [0, 0.05) is 19.5 Å². The second-order valence-corrected chi connectivity index (χ2v) is 7.80. The van der Waals surface area contributed by atoms with E-state index >= 15 is 0 Å². The van der Waals surface area contributed by atoms with Crippen LogP contribution in [-0.2, 0) is 0 Å². The van der Waals surface area contributed by atoms with Crippen molar-refractivity contribution >= 4 is 27.5 Å². The predicted octanol–water partition coefficient (Wildman–Crippen LogP) is 3.41. The molecule has 138 valence electrons. The lowest BCUT2D eigenvalue weighted by atomic mass is 10.1. The molecule has 1 aromatic carbocycles. The Labute approximate surface area is 161 Å². The molecule has 2 aliphatic rings. The second kappa shape index (κ2) is 6.95. The van der Waals surface area contributed by atoms with E-state index in [4.69, 9.17) is 4.74 Å². The summed E-state index contributed by atoms with van der Waals surface area (Å²) in [7, 11) is 1.81. The van der Waals surface area contributed by atoms with Crippen molar-refractivity contribution in [3.8, 4) is 5.75 Å². The van der Waals surface area contributed by atoms with Crippen LogP contribution in [0.2, 0.25) is 0 Å². The van der Waals surface area contributed by atoms with E-state index in [1.165, 1.54) is 0 Å². The van der Waals surface area contributed by atoms with E-state index in [9.17, 15) is 4.79 Å². The number of aromatic nitrogens is 2. The highest BCUT2D eigenvalue weighted by atomic mass is 79.9. The van der Waals surface area contributed by atoms with Crippen LogP contribution in [0.25, 0.3) is 0 Å². The Morgan fingerprint density at radius 2 is 2.19 bits per heavy atom. The van der Waals surface area contributed by atoms with Gasteiger partial charge in [0.1, 0.15) is 11.9 Å². The number of benzene rings is 1. The largest absolute Gasteiger partial charge is 0.485 e. The van der Waals surface area contributed by atoms with E-state index in [0.29, 0.717) is 18.2 Å². The standard InChI is InChI=1S/C19H23BrN4O2/c1-3-24-11-13(26-15-7-5-4-6-14(15)24)10-23(2)19(25)18-16(20)17(21-22-18)12-8-9-12/h4-7,12-13H,3,8-11H2,1-2H3,(H,21,22)/t13-/m1/s1. The van der Waals surface area contributed by atoms with E-state index in [1.54, 1.807) is 11.9 Å². The molecular formula is C19H23BrN4O2. The number of anilines is 1. The molecule has 2 heterocycles. The number of nitrogens with one attached hydrogen (secondary N) is 1. The molecule has 1 saturated carbocycles. The van der Waals surface area contributed by atoms with Gasteiger partial charge in [-0.1, -0.05) is 12.1 Å². The first-order chi connectivity index (χ1) is 12.6. The van der Waals surface area contributed by atoms with Crippen LogP contribution >= 0.6 is 15.9 Å².